The standard InChI is InChI=1S/C29H35BrN4O4S/c1-4-18(2)25(29(37)38-3)32-27(35)20-12-10-19(11-13-20)16-31-28(36)22-17-34(21-8-6-5-7-9-21)33-26(22)23-14-15-24(30)39-23/h5-9,14-15,17-20,25H,4,10-13,16H2,1-3H3,(H,31,36)(H,32,35)/t18-,19?,20?,25-/m1/s1. The van der Waals surface area contributed by atoms with Gasteiger partial charge in [-0.3, -0.25) is 9.59 Å². The maximum absolute atomic E-state index is 13.3. The van der Waals surface area contributed by atoms with Crippen molar-refractivity contribution in [3.8, 4) is 16.3 Å². The number of aromatic nitrogens is 2. The molecule has 0 aliphatic heterocycles. The molecule has 3 aromatic rings. The molecule has 8 nitrogen and oxygen atoms in total. The van der Waals surface area contributed by atoms with Gasteiger partial charge in [0.05, 0.1) is 27.0 Å². The Bertz CT molecular complexity index is 1280. The van der Waals surface area contributed by atoms with Crippen molar-refractivity contribution in [2.45, 2.75) is 52.0 Å². The highest BCUT2D eigenvalue weighted by Gasteiger charge is 2.32. The number of ether oxygens (including phenoxy) is 1. The lowest BCUT2D eigenvalue weighted by molar-refractivity contribution is -0.147. The highest BCUT2D eigenvalue weighted by molar-refractivity contribution is 9.11. The molecular weight excluding hydrogens is 580 g/mol. The van der Waals surface area contributed by atoms with E-state index in [4.69, 9.17) is 9.84 Å². The van der Waals surface area contributed by atoms with E-state index in [9.17, 15) is 14.4 Å². The molecule has 1 saturated carbocycles. The number of esters is 1. The minimum absolute atomic E-state index is 0.000576. The van der Waals surface area contributed by atoms with Crippen molar-refractivity contribution in [1.82, 2.24) is 20.4 Å². The molecule has 2 amide bonds. The molecule has 1 aromatic carbocycles. The van der Waals surface area contributed by atoms with Crippen LogP contribution in [0.15, 0.2) is 52.4 Å². The smallest absolute Gasteiger partial charge is 0.328 e. The van der Waals surface area contributed by atoms with Crippen LogP contribution in [0.1, 0.15) is 56.3 Å². The number of hydrogen-bond donors (Lipinski definition) is 2. The zero-order valence-electron chi connectivity index (χ0n) is 22.5. The Balaban J connectivity index is 1.36. The van der Waals surface area contributed by atoms with Gasteiger partial charge in [0.1, 0.15) is 11.7 Å². The molecule has 0 saturated heterocycles. The quantitative estimate of drug-likeness (QED) is 0.289. The Morgan fingerprint density at radius 3 is 2.46 bits per heavy atom. The maximum atomic E-state index is 13.3. The molecule has 208 valence electrons. The topological polar surface area (TPSA) is 102 Å². The number of halogens is 1. The van der Waals surface area contributed by atoms with Crippen LogP contribution in [-0.4, -0.2) is 47.3 Å². The number of methoxy groups -OCH3 is 1. The molecule has 1 fully saturated rings. The molecule has 1 aliphatic carbocycles. The number of benzene rings is 1. The molecule has 0 radical (unpaired) electrons. The molecule has 2 atom stereocenters. The van der Waals surface area contributed by atoms with Gasteiger partial charge in [-0.25, -0.2) is 9.48 Å². The number of carbonyl (C=O) groups excluding carboxylic acids is 3. The highest BCUT2D eigenvalue weighted by atomic mass is 79.9. The number of hydrogen-bond acceptors (Lipinski definition) is 6. The number of carbonyl (C=O) groups is 3. The van der Waals surface area contributed by atoms with E-state index in [1.165, 1.54) is 18.4 Å². The second-order valence-electron chi connectivity index (χ2n) is 10.1. The Labute approximate surface area is 241 Å². The van der Waals surface area contributed by atoms with Crippen LogP contribution >= 0.6 is 27.3 Å². The molecule has 0 spiro atoms. The van der Waals surface area contributed by atoms with Crippen LogP contribution in [0.25, 0.3) is 16.3 Å². The molecular formula is C29H35BrN4O4S. The summed E-state index contributed by atoms with van der Waals surface area (Å²) in [4.78, 5) is 39.3. The zero-order valence-corrected chi connectivity index (χ0v) is 24.9. The molecule has 0 bridgehead atoms. The van der Waals surface area contributed by atoms with Gasteiger partial charge in [-0.05, 0) is 77.7 Å². The van der Waals surface area contributed by atoms with Crippen LogP contribution < -0.4 is 10.6 Å². The lowest BCUT2D eigenvalue weighted by Crippen LogP contribution is -2.48. The lowest BCUT2D eigenvalue weighted by Gasteiger charge is -2.30. The predicted molar refractivity (Wildman–Crippen MR) is 156 cm³/mol. The molecule has 2 heterocycles. The van der Waals surface area contributed by atoms with Crippen LogP contribution in [0.2, 0.25) is 0 Å². The third kappa shape index (κ3) is 7.16. The van der Waals surface area contributed by atoms with E-state index in [1.807, 2.05) is 56.3 Å². The van der Waals surface area contributed by atoms with E-state index in [-0.39, 0.29) is 29.6 Å². The van der Waals surface area contributed by atoms with Gasteiger partial charge in [0.25, 0.3) is 5.91 Å². The summed E-state index contributed by atoms with van der Waals surface area (Å²) in [5.41, 5.74) is 2.06. The maximum Gasteiger partial charge on any atom is 0.328 e. The first-order chi connectivity index (χ1) is 18.8. The first-order valence-corrected chi connectivity index (χ1v) is 15.0. The number of thiophene rings is 1. The first kappa shape index (κ1) is 29.0. The minimum atomic E-state index is -0.625. The fourth-order valence-corrected chi connectivity index (χ4v) is 6.29. The highest BCUT2D eigenvalue weighted by Crippen LogP contribution is 2.33. The third-order valence-corrected chi connectivity index (χ3v) is 9.15. The lowest BCUT2D eigenvalue weighted by atomic mass is 9.81. The second-order valence-corrected chi connectivity index (χ2v) is 12.6. The van der Waals surface area contributed by atoms with Gasteiger partial charge in [0.2, 0.25) is 5.91 Å². The molecule has 2 N–H and O–H groups in total. The number of para-hydroxylation sites is 1. The fourth-order valence-electron chi connectivity index (χ4n) is 4.90. The molecule has 39 heavy (non-hydrogen) atoms. The van der Waals surface area contributed by atoms with Gasteiger partial charge in [0.15, 0.2) is 0 Å². The number of amides is 2. The molecule has 1 aliphatic rings. The molecule has 2 aromatic heterocycles. The van der Waals surface area contributed by atoms with Crippen molar-refractivity contribution in [2.75, 3.05) is 13.7 Å². The fraction of sp³-hybridized carbons (Fsp3) is 0.448. The Morgan fingerprint density at radius 1 is 1.13 bits per heavy atom. The summed E-state index contributed by atoms with van der Waals surface area (Å²) in [5.74, 6) is -0.508. The van der Waals surface area contributed by atoms with Gasteiger partial charge in [-0.1, -0.05) is 38.5 Å². The predicted octanol–water partition coefficient (Wildman–Crippen LogP) is 5.60. The summed E-state index contributed by atoms with van der Waals surface area (Å²) in [5, 5.41) is 10.8. The SMILES string of the molecule is CC[C@@H](C)[C@@H](NC(=O)C1CCC(CNC(=O)c2cn(-c3ccccc3)nc2-c2ccc(Br)s2)CC1)C(=O)OC. The largest absolute Gasteiger partial charge is 0.467 e. The summed E-state index contributed by atoms with van der Waals surface area (Å²) >= 11 is 5.04. The van der Waals surface area contributed by atoms with Crippen LogP contribution in [0.5, 0.6) is 0 Å². The van der Waals surface area contributed by atoms with E-state index in [0.717, 1.165) is 46.5 Å². The number of nitrogens with zero attached hydrogens (tertiary/aromatic N) is 2. The van der Waals surface area contributed by atoms with Gasteiger partial charge in [0, 0.05) is 18.7 Å². The summed E-state index contributed by atoms with van der Waals surface area (Å²) < 4.78 is 7.61. The molecule has 10 heteroatoms. The van der Waals surface area contributed by atoms with Crippen LogP contribution in [-0.2, 0) is 14.3 Å². The zero-order chi connectivity index (χ0) is 27.9. The van der Waals surface area contributed by atoms with Gasteiger partial charge >= 0.3 is 5.97 Å². The van der Waals surface area contributed by atoms with E-state index < -0.39 is 12.0 Å². The van der Waals surface area contributed by atoms with Gasteiger partial charge in [-0.15, -0.1) is 11.3 Å². The van der Waals surface area contributed by atoms with Crippen molar-refractivity contribution in [3.63, 3.8) is 0 Å². The van der Waals surface area contributed by atoms with Crippen molar-refractivity contribution < 1.29 is 19.1 Å². The number of nitrogens with one attached hydrogen (secondary N) is 2. The third-order valence-electron chi connectivity index (χ3n) is 7.52. The summed E-state index contributed by atoms with van der Waals surface area (Å²) in [6.45, 7) is 4.46. The average Bonchev–Trinajstić information content (AvgIpc) is 3.61. The van der Waals surface area contributed by atoms with E-state index in [0.29, 0.717) is 17.8 Å². The minimum Gasteiger partial charge on any atom is -0.467 e. The van der Waals surface area contributed by atoms with E-state index in [1.54, 1.807) is 10.9 Å². The van der Waals surface area contributed by atoms with Crippen molar-refractivity contribution in [2.24, 2.45) is 17.8 Å². The average molecular weight is 616 g/mol. The first-order valence-electron chi connectivity index (χ1n) is 13.4. The van der Waals surface area contributed by atoms with Gasteiger partial charge in [-0.2, -0.15) is 5.10 Å². The van der Waals surface area contributed by atoms with Crippen LogP contribution in [0, 0.1) is 17.8 Å². The summed E-state index contributed by atoms with van der Waals surface area (Å²) in [6.07, 6.45) is 5.66. The van der Waals surface area contributed by atoms with Crippen molar-refractivity contribution in [3.05, 3.63) is 58.0 Å². The van der Waals surface area contributed by atoms with Crippen LogP contribution in [0.4, 0.5) is 0 Å². The van der Waals surface area contributed by atoms with E-state index >= 15 is 0 Å². The van der Waals surface area contributed by atoms with Crippen molar-refractivity contribution >= 4 is 45.1 Å². The van der Waals surface area contributed by atoms with Crippen molar-refractivity contribution in [1.29, 1.82) is 0 Å². The summed E-state index contributed by atoms with van der Waals surface area (Å²) in [6, 6.07) is 13.0. The Kier molecular flexibility index (Phi) is 9.96. The second kappa shape index (κ2) is 13.4. The Morgan fingerprint density at radius 2 is 1.85 bits per heavy atom. The molecule has 0 unspecified atom stereocenters. The van der Waals surface area contributed by atoms with Gasteiger partial charge < -0.3 is 15.4 Å². The van der Waals surface area contributed by atoms with Crippen LogP contribution in [0.3, 0.4) is 0 Å². The number of rotatable bonds is 10. The summed E-state index contributed by atoms with van der Waals surface area (Å²) in [7, 11) is 1.35. The normalized spacial score (nSPS) is 18.7. The molecule has 4 rings (SSSR count). The van der Waals surface area contributed by atoms with E-state index in [2.05, 4.69) is 26.6 Å². The Hall–Kier alpha value is -2.98. The monoisotopic (exact) mass is 614 g/mol.